The van der Waals surface area contributed by atoms with Gasteiger partial charge < -0.3 is 0 Å². The average molecular weight is 123 g/mol. The van der Waals surface area contributed by atoms with Crippen LogP contribution in [0.4, 0.5) is 0 Å². The van der Waals surface area contributed by atoms with Crippen LogP contribution in [0.5, 0.6) is 0 Å². The van der Waals surface area contributed by atoms with Gasteiger partial charge in [-0.05, 0) is 18.2 Å². The van der Waals surface area contributed by atoms with E-state index in [4.69, 9.17) is 0 Å². The van der Waals surface area contributed by atoms with E-state index in [1.54, 1.807) is 6.08 Å². The molecule has 0 saturated carbocycles. The van der Waals surface area contributed by atoms with E-state index in [0.717, 1.165) is 0 Å². The molecule has 0 unspecified atom stereocenters. The Kier molecular flexibility index (Phi) is 5.81. The molecule has 48 valence electrons. The van der Waals surface area contributed by atoms with Gasteiger partial charge in [0.15, 0.2) is 0 Å². The molecule has 0 spiro atoms. The first kappa shape index (κ1) is 7.75. The average Bonchev–Trinajstić information content (AvgIpc) is 1.89. The molecule has 0 aliphatic carbocycles. The van der Waals surface area contributed by atoms with E-state index >= 15 is 0 Å². The third-order valence-corrected chi connectivity index (χ3v) is 0.571. The second-order valence-corrected chi connectivity index (χ2v) is 1.21. The van der Waals surface area contributed by atoms with E-state index in [9.17, 15) is 0 Å². The van der Waals surface area contributed by atoms with Gasteiger partial charge in [0, 0.05) is 6.72 Å². The molecule has 0 N–H and O–H groups in total. The third kappa shape index (κ3) is 6.75. The largest absolute Gasteiger partial charge is 0.147 e. The van der Waals surface area contributed by atoms with Crippen molar-refractivity contribution in [2.24, 2.45) is 15.4 Å². The van der Waals surface area contributed by atoms with Crippen molar-refractivity contribution in [2.45, 2.75) is 6.92 Å². The Bertz CT molecular complexity index is 144. The number of hydrogen-bond donors (Lipinski definition) is 0. The first-order chi connectivity index (χ1) is 4.41. The topological polar surface area (TPSA) is 37.1 Å². The highest BCUT2D eigenvalue weighted by molar-refractivity contribution is 5.22. The minimum atomic E-state index is 1.54. The second kappa shape index (κ2) is 6.75. The maximum absolute atomic E-state index is 3.49. The van der Waals surface area contributed by atoms with Crippen LogP contribution in [-0.4, -0.2) is 6.72 Å². The zero-order chi connectivity index (χ0) is 6.95. The van der Waals surface area contributed by atoms with Crippen LogP contribution < -0.4 is 0 Å². The molecule has 3 heteroatoms. The molecule has 0 saturated heterocycles. The van der Waals surface area contributed by atoms with Crippen molar-refractivity contribution in [3.8, 4) is 0 Å². The Labute approximate surface area is 54.5 Å². The van der Waals surface area contributed by atoms with Crippen molar-refractivity contribution in [3.05, 3.63) is 24.4 Å². The summed E-state index contributed by atoms with van der Waals surface area (Å²) in [5, 5.41) is 9.92. The van der Waals surface area contributed by atoms with Crippen molar-refractivity contribution in [1.82, 2.24) is 0 Å². The summed E-state index contributed by atoms with van der Waals surface area (Å²) < 4.78 is 0. The minimum Gasteiger partial charge on any atom is -0.147 e. The summed E-state index contributed by atoms with van der Waals surface area (Å²) in [4.78, 5) is 0. The van der Waals surface area contributed by atoms with Crippen LogP contribution >= 0.6 is 0 Å². The summed E-state index contributed by atoms with van der Waals surface area (Å²) in [5.41, 5.74) is 0. The molecule has 3 nitrogen and oxygen atoms in total. The highest BCUT2D eigenvalue weighted by Gasteiger charge is 1.58. The summed E-state index contributed by atoms with van der Waals surface area (Å²) >= 11 is 0. The quantitative estimate of drug-likeness (QED) is 0.238. The zero-order valence-electron chi connectivity index (χ0n) is 5.36. The number of nitrogens with zero attached hydrogens (tertiary/aromatic N) is 3. The van der Waals surface area contributed by atoms with E-state index in [-0.39, 0.29) is 0 Å². The number of allylic oxidation sites excluding steroid dienone is 3. The molecular formula is C6H9N3. The summed E-state index contributed by atoms with van der Waals surface area (Å²) in [6.07, 6.45) is 7.04. The van der Waals surface area contributed by atoms with Gasteiger partial charge in [-0.1, -0.05) is 12.2 Å². The number of hydrogen-bond acceptors (Lipinski definition) is 2. The Morgan fingerprint density at radius 2 is 2.11 bits per heavy atom. The molecule has 0 radical (unpaired) electrons. The summed E-state index contributed by atoms with van der Waals surface area (Å²) in [6.45, 7) is 5.04. The highest BCUT2D eigenvalue weighted by Crippen LogP contribution is 1.79. The van der Waals surface area contributed by atoms with E-state index < -0.39 is 0 Å². The predicted molar refractivity (Wildman–Crippen MR) is 38.4 cm³/mol. The number of rotatable bonds is 3. The van der Waals surface area contributed by atoms with Crippen LogP contribution in [0.1, 0.15) is 6.92 Å². The van der Waals surface area contributed by atoms with Gasteiger partial charge in [0.25, 0.3) is 0 Å². The van der Waals surface area contributed by atoms with Gasteiger partial charge in [-0.15, -0.1) is 10.2 Å². The molecule has 0 heterocycles. The lowest BCUT2D eigenvalue weighted by atomic mass is 10.5. The maximum Gasteiger partial charge on any atom is 0.0513 e. The molecule has 0 aromatic rings. The van der Waals surface area contributed by atoms with Crippen LogP contribution in [0.25, 0.3) is 0 Å². The molecule has 0 amide bonds. The van der Waals surface area contributed by atoms with Gasteiger partial charge in [0.1, 0.15) is 0 Å². The fourth-order valence-electron chi connectivity index (χ4n) is 0.266. The third-order valence-electron chi connectivity index (χ3n) is 0.571. The van der Waals surface area contributed by atoms with E-state index in [1.165, 1.54) is 6.20 Å². The lowest BCUT2D eigenvalue weighted by molar-refractivity contribution is 1.07. The van der Waals surface area contributed by atoms with Crippen LogP contribution in [-0.2, 0) is 0 Å². The lowest BCUT2D eigenvalue weighted by Crippen LogP contribution is -1.47. The van der Waals surface area contributed by atoms with Crippen molar-refractivity contribution in [1.29, 1.82) is 0 Å². The van der Waals surface area contributed by atoms with Crippen molar-refractivity contribution < 1.29 is 0 Å². The fourth-order valence-corrected chi connectivity index (χ4v) is 0.266. The van der Waals surface area contributed by atoms with E-state index in [2.05, 4.69) is 22.2 Å². The molecule has 0 aliphatic heterocycles. The zero-order valence-corrected chi connectivity index (χ0v) is 5.36. The highest BCUT2D eigenvalue weighted by atomic mass is 15.3. The lowest BCUT2D eigenvalue weighted by Gasteiger charge is -1.68. The van der Waals surface area contributed by atoms with Crippen molar-refractivity contribution in [2.75, 3.05) is 0 Å². The van der Waals surface area contributed by atoms with Gasteiger partial charge >= 0.3 is 0 Å². The monoisotopic (exact) mass is 123 g/mol. The van der Waals surface area contributed by atoms with Crippen molar-refractivity contribution in [3.63, 3.8) is 0 Å². The van der Waals surface area contributed by atoms with Crippen molar-refractivity contribution >= 4 is 6.72 Å². The molecule has 0 aromatic heterocycles. The summed E-state index contributed by atoms with van der Waals surface area (Å²) in [5.74, 6) is 0. The smallest absolute Gasteiger partial charge is 0.0513 e. The first-order valence-corrected chi connectivity index (χ1v) is 2.55. The van der Waals surface area contributed by atoms with Gasteiger partial charge in [-0.3, -0.25) is 0 Å². The van der Waals surface area contributed by atoms with Crippen LogP contribution in [0.15, 0.2) is 39.9 Å². The molecule has 9 heavy (non-hydrogen) atoms. The maximum atomic E-state index is 3.49. The van der Waals surface area contributed by atoms with E-state index in [1.807, 2.05) is 19.1 Å². The second-order valence-electron chi connectivity index (χ2n) is 1.21. The van der Waals surface area contributed by atoms with Crippen LogP contribution in [0.3, 0.4) is 0 Å². The molecule has 0 fully saturated rings. The normalized spacial score (nSPS) is 12.1. The Balaban J connectivity index is 3.46. The Morgan fingerprint density at radius 3 is 2.67 bits per heavy atom. The molecule has 0 atom stereocenters. The summed E-state index contributed by atoms with van der Waals surface area (Å²) in [7, 11) is 0. The van der Waals surface area contributed by atoms with Gasteiger partial charge in [0.05, 0.1) is 6.20 Å². The van der Waals surface area contributed by atoms with Gasteiger partial charge in [-0.25, -0.2) is 0 Å². The predicted octanol–water partition coefficient (Wildman–Crippen LogP) is 2.14. The molecule has 0 aliphatic rings. The first-order valence-electron chi connectivity index (χ1n) is 2.55. The standard InChI is InChI=1S/C6H9N3/c1-3-4-5-6-8-9-7-2/h3-6H,2H2,1H3/b4-3+,6-5-,9-8?. The Morgan fingerprint density at radius 1 is 1.33 bits per heavy atom. The molecular weight excluding hydrogens is 114 g/mol. The fraction of sp³-hybridized carbons (Fsp3) is 0.167. The van der Waals surface area contributed by atoms with Crippen LogP contribution in [0.2, 0.25) is 0 Å². The molecule has 0 bridgehead atoms. The van der Waals surface area contributed by atoms with E-state index in [0.29, 0.717) is 0 Å². The molecule has 0 aromatic carbocycles. The summed E-state index contributed by atoms with van der Waals surface area (Å²) in [6, 6.07) is 0. The van der Waals surface area contributed by atoms with Crippen LogP contribution in [0, 0.1) is 0 Å². The molecule has 0 rings (SSSR count). The SMILES string of the molecule is C=NN=N/C=C\C=C\C. The Hall–Kier alpha value is -1.25. The van der Waals surface area contributed by atoms with Gasteiger partial charge in [0.2, 0.25) is 0 Å². The van der Waals surface area contributed by atoms with Gasteiger partial charge in [-0.2, -0.15) is 0 Å². The minimum absolute atomic E-state index is 1.54.